The number of rotatable bonds is 6. The number of hydrogen-bond acceptors (Lipinski definition) is 5. The second-order valence-electron chi connectivity index (χ2n) is 5.06. The smallest absolute Gasteiger partial charge is 0.249 e. The van der Waals surface area contributed by atoms with Gasteiger partial charge in [-0.05, 0) is 32.5 Å². The molecule has 2 N–H and O–H groups in total. The Kier molecular flexibility index (Phi) is 7.12. The first-order valence-corrected chi connectivity index (χ1v) is 7.05. The monoisotopic (exact) mass is 342 g/mol. The second kappa shape index (κ2) is 8.59. The number of carbonyl (C=O) groups is 1. The predicted molar refractivity (Wildman–Crippen MR) is 86.8 cm³/mol. The fourth-order valence-corrected chi connectivity index (χ4v) is 1.87. The van der Waals surface area contributed by atoms with E-state index in [9.17, 15) is 9.18 Å². The highest BCUT2D eigenvalue weighted by Crippen LogP contribution is 2.20. The third-order valence-corrected chi connectivity index (χ3v) is 3.22. The summed E-state index contributed by atoms with van der Waals surface area (Å²) in [4.78, 5) is 15.9. The molecule has 0 spiro atoms. The summed E-state index contributed by atoms with van der Waals surface area (Å²) in [5.74, 6) is 0.152. The van der Waals surface area contributed by atoms with Crippen molar-refractivity contribution in [3.63, 3.8) is 0 Å². The molecular formula is C15H20ClFN4O2. The molecule has 0 aliphatic rings. The van der Waals surface area contributed by atoms with Gasteiger partial charge in [0.05, 0.1) is 0 Å². The average Bonchev–Trinajstić information content (AvgIpc) is 2.98. The summed E-state index contributed by atoms with van der Waals surface area (Å²) in [6.45, 7) is 4.03. The lowest BCUT2D eigenvalue weighted by molar-refractivity contribution is -0.121. The van der Waals surface area contributed by atoms with Gasteiger partial charge in [-0.2, -0.15) is 4.98 Å². The zero-order valence-electron chi connectivity index (χ0n) is 13.2. The molecule has 0 aliphatic carbocycles. The molecule has 2 aromatic rings. The zero-order valence-corrected chi connectivity index (χ0v) is 14.0. The zero-order chi connectivity index (χ0) is 16.1. The maximum Gasteiger partial charge on any atom is 0.249 e. The summed E-state index contributed by atoms with van der Waals surface area (Å²) in [6.07, 6.45) is 0.366. The Bertz CT molecular complexity index is 663. The van der Waals surface area contributed by atoms with Gasteiger partial charge in [-0.3, -0.25) is 4.79 Å². The molecule has 0 bridgehead atoms. The Morgan fingerprint density at radius 1 is 1.43 bits per heavy atom. The molecule has 1 unspecified atom stereocenters. The Balaban J connectivity index is 0.00000264. The maximum atomic E-state index is 13.6. The molecule has 2 rings (SSSR count). The lowest BCUT2D eigenvalue weighted by Gasteiger charge is -2.09. The Morgan fingerprint density at radius 2 is 2.17 bits per heavy atom. The molecule has 0 radical (unpaired) electrons. The van der Waals surface area contributed by atoms with Gasteiger partial charge in [0.15, 0.2) is 0 Å². The standard InChI is InChI=1S/C15H19FN4O2.ClH/c1-9-4-5-11(8-12(9)16)14-19-15(22-20-14)10(2)18-13(21)6-7-17-3;/h4-5,8,10,17H,6-7H2,1-3H3,(H,18,21);1H. The molecule has 1 aromatic carbocycles. The van der Waals surface area contributed by atoms with E-state index in [4.69, 9.17) is 4.52 Å². The largest absolute Gasteiger partial charge is 0.345 e. The van der Waals surface area contributed by atoms with Crippen LogP contribution in [0.3, 0.4) is 0 Å². The van der Waals surface area contributed by atoms with E-state index in [1.54, 1.807) is 33.0 Å². The van der Waals surface area contributed by atoms with Crippen molar-refractivity contribution in [2.75, 3.05) is 13.6 Å². The average molecular weight is 343 g/mol. The van der Waals surface area contributed by atoms with E-state index >= 15 is 0 Å². The van der Waals surface area contributed by atoms with Gasteiger partial charge in [0.1, 0.15) is 11.9 Å². The number of nitrogens with one attached hydrogen (secondary N) is 2. The lowest BCUT2D eigenvalue weighted by Crippen LogP contribution is -2.29. The summed E-state index contributed by atoms with van der Waals surface area (Å²) < 4.78 is 18.7. The highest BCUT2D eigenvalue weighted by molar-refractivity contribution is 5.85. The van der Waals surface area contributed by atoms with Crippen LogP contribution < -0.4 is 10.6 Å². The van der Waals surface area contributed by atoms with Gasteiger partial charge in [0.25, 0.3) is 0 Å². The Morgan fingerprint density at radius 3 is 2.83 bits per heavy atom. The minimum atomic E-state index is -0.402. The van der Waals surface area contributed by atoms with Gasteiger partial charge >= 0.3 is 0 Å². The minimum Gasteiger partial charge on any atom is -0.345 e. The highest BCUT2D eigenvalue weighted by atomic mass is 35.5. The van der Waals surface area contributed by atoms with Gasteiger partial charge in [0, 0.05) is 18.5 Å². The molecule has 126 valence electrons. The summed E-state index contributed by atoms with van der Waals surface area (Å²) in [5.41, 5.74) is 1.09. The van der Waals surface area contributed by atoms with E-state index in [0.717, 1.165) is 0 Å². The van der Waals surface area contributed by atoms with Crippen LogP contribution in [-0.2, 0) is 4.79 Å². The molecule has 8 heteroatoms. The number of nitrogens with zero attached hydrogens (tertiary/aromatic N) is 2. The number of carbonyl (C=O) groups excluding carboxylic acids is 1. The van der Waals surface area contributed by atoms with Crippen molar-refractivity contribution in [1.82, 2.24) is 20.8 Å². The minimum absolute atomic E-state index is 0. The van der Waals surface area contributed by atoms with E-state index in [1.807, 2.05) is 0 Å². The first kappa shape index (κ1) is 19.1. The fourth-order valence-electron chi connectivity index (χ4n) is 1.87. The van der Waals surface area contributed by atoms with Gasteiger partial charge in [0.2, 0.25) is 17.6 Å². The van der Waals surface area contributed by atoms with E-state index < -0.39 is 6.04 Å². The molecule has 0 aliphatic heterocycles. The van der Waals surface area contributed by atoms with Gasteiger partial charge in [-0.1, -0.05) is 17.3 Å². The summed E-state index contributed by atoms with van der Waals surface area (Å²) >= 11 is 0. The van der Waals surface area contributed by atoms with Gasteiger partial charge in [-0.25, -0.2) is 4.39 Å². The molecule has 0 saturated carbocycles. The van der Waals surface area contributed by atoms with Crippen molar-refractivity contribution in [3.05, 3.63) is 35.5 Å². The van der Waals surface area contributed by atoms with Crippen LogP contribution in [0, 0.1) is 12.7 Å². The SMILES string of the molecule is CNCCC(=O)NC(C)c1nc(-c2ccc(C)c(F)c2)no1.Cl. The second-order valence-corrected chi connectivity index (χ2v) is 5.06. The van der Waals surface area contributed by atoms with Crippen molar-refractivity contribution < 1.29 is 13.7 Å². The number of hydrogen-bond donors (Lipinski definition) is 2. The van der Waals surface area contributed by atoms with Crippen molar-refractivity contribution >= 4 is 18.3 Å². The van der Waals surface area contributed by atoms with Crippen LogP contribution in [0.4, 0.5) is 4.39 Å². The molecule has 23 heavy (non-hydrogen) atoms. The third kappa shape index (κ3) is 5.01. The van der Waals surface area contributed by atoms with Crippen molar-refractivity contribution in [1.29, 1.82) is 0 Å². The third-order valence-electron chi connectivity index (χ3n) is 3.22. The van der Waals surface area contributed by atoms with Gasteiger partial charge in [-0.15, -0.1) is 12.4 Å². The highest BCUT2D eigenvalue weighted by Gasteiger charge is 2.17. The number of aromatic nitrogens is 2. The first-order valence-electron chi connectivity index (χ1n) is 7.05. The number of halogens is 2. The number of amides is 1. The molecular weight excluding hydrogens is 323 g/mol. The van der Waals surface area contributed by atoms with Crippen LogP contribution >= 0.6 is 12.4 Å². The Hall–Kier alpha value is -1.99. The van der Waals surface area contributed by atoms with E-state index in [1.165, 1.54) is 6.07 Å². The summed E-state index contributed by atoms with van der Waals surface area (Å²) in [6, 6.07) is 4.34. The lowest BCUT2D eigenvalue weighted by atomic mass is 10.1. The van der Waals surface area contributed by atoms with Crippen LogP contribution in [-0.4, -0.2) is 29.6 Å². The quantitative estimate of drug-likeness (QED) is 0.842. The summed E-state index contributed by atoms with van der Waals surface area (Å²) in [5, 5.41) is 9.50. The van der Waals surface area contributed by atoms with E-state index in [-0.39, 0.29) is 30.0 Å². The van der Waals surface area contributed by atoms with Crippen LogP contribution in [0.5, 0.6) is 0 Å². The molecule has 6 nitrogen and oxygen atoms in total. The molecule has 1 amide bonds. The maximum absolute atomic E-state index is 13.6. The molecule has 0 fully saturated rings. The van der Waals surface area contributed by atoms with Crippen LogP contribution in [0.25, 0.3) is 11.4 Å². The van der Waals surface area contributed by atoms with Crippen molar-refractivity contribution in [2.24, 2.45) is 0 Å². The fraction of sp³-hybridized carbons (Fsp3) is 0.400. The number of benzene rings is 1. The van der Waals surface area contributed by atoms with Crippen molar-refractivity contribution in [3.8, 4) is 11.4 Å². The molecule has 1 aromatic heterocycles. The first-order chi connectivity index (χ1) is 10.5. The van der Waals surface area contributed by atoms with E-state index in [0.29, 0.717) is 29.9 Å². The molecule has 1 heterocycles. The topological polar surface area (TPSA) is 80.0 Å². The van der Waals surface area contributed by atoms with Crippen LogP contribution in [0.1, 0.15) is 30.8 Å². The number of aryl methyl sites for hydroxylation is 1. The van der Waals surface area contributed by atoms with E-state index in [2.05, 4.69) is 20.8 Å². The predicted octanol–water partition coefficient (Wildman–Crippen LogP) is 2.39. The summed E-state index contributed by atoms with van der Waals surface area (Å²) in [7, 11) is 1.78. The molecule has 0 saturated heterocycles. The normalized spacial score (nSPS) is 11.7. The Labute approximate surface area is 140 Å². The van der Waals surface area contributed by atoms with Crippen LogP contribution in [0.15, 0.2) is 22.7 Å². The molecule has 1 atom stereocenters. The van der Waals surface area contributed by atoms with Crippen molar-refractivity contribution in [2.45, 2.75) is 26.3 Å². The van der Waals surface area contributed by atoms with Gasteiger partial charge < -0.3 is 15.2 Å². The van der Waals surface area contributed by atoms with Crippen LogP contribution in [0.2, 0.25) is 0 Å².